The zero-order chi connectivity index (χ0) is 13.8. The van der Waals surface area contributed by atoms with Gasteiger partial charge in [0.2, 0.25) is 5.91 Å². The minimum Gasteiger partial charge on any atom is -0.373 e. The Morgan fingerprint density at radius 3 is 2.50 bits per heavy atom. The number of nitrogens with two attached hydrogens (primary N) is 1. The fourth-order valence-electron chi connectivity index (χ4n) is 1.51. The third kappa shape index (κ3) is 3.09. The molecule has 18 heavy (non-hydrogen) atoms. The minimum absolute atomic E-state index is 0.337. The Balaban J connectivity index is 2.88. The zero-order valence-electron chi connectivity index (χ0n) is 11.4. The van der Waals surface area contributed by atoms with Crippen molar-refractivity contribution >= 4 is 17.5 Å². The van der Waals surface area contributed by atoms with Crippen molar-refractivity contribution < 1.29 is 4.79 Å². The third-order valence-electron chi connectivity index (χ3n) is 2.90. The van der Waals surface area contributed by atoms with E-state index in [1.165, 1.54) is 6.33 Å². The molecule has 0 bridgehead atoms. The molecule has 1 aromatic rings. The minimum atomic E-state index is -0.615. The van der Waals surface area contributed by atoms with Gasteiger partial charge in [0.05, 0.1) is 5.41 Å². The lowest BCUT2D eigenvalue weighted by Gasteiger charge is -2.22. The van der Waals surface area contributed by atoms with Crippen LogP contribution in [0.15, 0.2) is 6.33 Å². The number of anilines is 2. The Morgan fingerprint density at radius 2 is 2.00 bits per heavy atom. The van der Waals surface area contributed by atoms with Crippen molar-refractivity contribution in [3.05, 3.63) is 11.9 Å². The molecule has 0 aromatic carbocycles. The van der Waals surface area contributed by atoms with E-state index < -0.39 is 5.41 Å². The number of hydrogen-bond donors (Lipinski definition) is 3. The normalized spacial score (nSPS) is 11.1. The molecule has 0 atom stereocenters. The first-order valence-corrected chi connectivity index (χ1v) is 5.97. The predicted octanol–water partition coefficient (Wildman–Crippen LogP) is 1.00. The van der Waals surface area contributed by atoms with Crippen LogP contribution in [0.5, 0.6) is 0 Å². The molecule has 0 fully saturated rings. The second kappa shape index (κ2) is 5.66. The number of amides is 1. The van der Waals surface area contributed by atoms with Crippen molar-refractivity contribution in [3.63, 3.8) is 0 Å². The van der Waals surface area contributed by atoms with Gasteiger partial charge >= 0.3 is 0 Å². The zero-order valence-corrected chi connectivity index (χ0v) is 11.4. The number of rotatable bonds is 6. The standard InChI is InChI=1S/C12H21N5O/c1-5-8-9(14-4)16-7-17-10(8)15-6-12(2,3)11(13)18/h7H,5-6H2,1-4H3,(H2,13,18)(H2,14,15,16,17). The molecule has 0 aliphatic heterocycles. The SMILES string of the molecule is CCc1c(NC)ncnc1NCC(C)(C)C(N)=O. The average Bonchev–Trinajstić information content (AvgIpc) is 2.35. The Bertz CT molecular complexity index is 430. The molecule has 1 amide bonds. The van der Waals surface area contributed by atoms with Gasteiger partial charge in [0.1, 0.15) is 18.0 Å². The van der Waals surface area contributed by atoms with Gasteiger partial charge in [0.25, 0.3) is 0 Å². The monoisotopic (exact) mass is 251 g/mol. The molecule has 0 saturated carbocycles. The third-order valence-corrected chi connectivity index (χ3v) is 2.90. The van der Waals surface area contributed by atoms with Crippen molar-refractivity contribution in [2.75, 3.05) is 24.2 Å². The van der Waals surface area contributed by atoms with E-state index in [9.17, 15) is 4.79 Å². The quantitative estimate of drug-likeness (QED) is 0.701. The molecule has 1 heterocycles. The highest BCUT2D eigenvalue weighted by Crippen LogP contribution is 2.22. The van der Waals surface area contributed by atoms with E-state index in [4.69, 9.17) is 5.73 Å². The van der Waals surface area contributed by atoms with E-state index in [0.29, 0.717) is 6.54 Å². The molecule has 0 aliphatic rings. The molecular weight excluding hydrogens is 230 g/mol. The van der Waals surface area contributed by atoms with Crippen molar-refractivity contribution in [2.24, 2.45) is 11.1 Å². The van der Waals surface area contributed by atoms with E-state index in [-0.39, 0.29) is 5.91 Å². The maximum absolute atomic E-state index is 11.3. The van der Waals surface area contributed by atoms with Crippen LogP contribution < -0.4 is 16.4 Å². The first-order valence-electron chi connectivity index (χ1n) is 5.97. The number of aromatic nitrogens is 2. The van der Waals surface area contributed by atoms with Crippen LogP contribution in [0.4, 0.5) is 11.6 Å². The van der Waals surface area contributed by atoms with Crippen LogP contribution in [-0.2, 0) is 11.2 Å². The molecule has 1 rings (SSSR count). The van der Waals surface area contributed by atoms with Crippen molar-refractivity contribution in [1.29, 1.82) is 0 Å². The van der Waals surface area contributed by atoms with Crippen LogP contribution in [-0.4, -0.2) is 29.5 Å². The van der Waals surface area contributed by atoms with Crippen LogP contribution in [0.2, 0.25) is 0 Å². The molecule has 0 unspecified atom stereocenters. The van der Waals surface area contributed by atoms with Gasteiger partial charge in [-0.15, -0.1) is 0 Å². The molecule has 4 N–H and O–H groups in total. The van der Waals surface area contributed by atoms with Crippen LogP contribution in [0, 0.1) is 5.41 Å². The van der Waals surface area contributed by atoms with Crippen LogP contribution in [0.25, 0.3) is 0 Å². The summed E-state index contributed by atoms with van der Waals surface area (Å²) in [5, 5.41) is 6.19. The van der Waals surface area contributed by atoms with Crippen molar-refractivity contribution in [3.8, 4) is 0 Å². The topological polar surface area (TPSA) is 92.9 Å². The number of primary amides is 1. The Labute approximate surface area is 107 Å². The number of carbonyl (C=O) groups is 1. The molecule has 1 aromatic heterocycles. The van der Waals surface area contributed by atoms with E-state index >= 15 is 0 Å². The molecular formula is C12H21N5O. The smallest absolute Gasteiger partial charge is 0.224 e. The summed E-state index contributed by atoms with van der Waals surface area (Å²) in [6.07, 6.45) is 2.29. The summed E-state index contributed by atoms with van der Waals surface area (Å²) in [6.45, 7) is 6.07. The van der Waals surface area contributed by atoms with Gasteiger partial charge in [0.15, 0.2) is 0 Å². The lowest BCUT2D eigenvalue weighted by Crippen LogP contribution is -2.37. The van der Waals surface area contributed by atoms with Crippen LogP contribution in [0.1, 0.15) is 26.3 Å². The molecule has 6 nitrogen and oxygen atoms in total. The summed E-state index contributed by atoms with van der Waals surface area (Å²) >= 11 is 0. The maximum Gasteiger partial charge on any atom is 0.224 e. The molecule has 0 spiro atoms. The number of nitrogens with zero attached hydrogens (tertiary/aromatic N) is 2. The molecule has 0 saturated heterocycles. The highest BCUT2D eigenvalue weighted by molar-refractivity contribution is 5.80. The fraction of sp³-hybridized carbons (Fsp3) is 0.583. The van der Waals surface area contributed by atoms with E-state index in [0.717, 1.165) is 23.6 Å². The highest BCUT2D eigenvalue weighted by atomic mass is 16.1. The number of carbonyl (C=O) groups excluding carboxylic acids is 1. The Hall–Kier alpha value is -1.85. The van der Waals surface area contributed by atoms with Crippen LogP contribution >= 0.6 is 0 Å². The first-order chi connectivity index (χ1) is 8.42. The van der Waals surface area contributed by atoms with E-state index in [2.05, 4.69) is 20.6 Å². The van der Waals surface area contributed by atoms with Gasteiger partial charge in [-0.25, -0.2) is 9.97 Å². The van der Waals surface area contributed by atoms with Crippen molar-refractivity contribution in [2.45, 2.75) is 27.2 Å². The van der Waals surface area contributed by atoms with Gasteiger partial charge < -0.3 is 16.4 Å². The average molecular weight is 251 g/mol. The second-order valence-electron chi connectivity index (χ2n) is 4.75. The molecule has 6 heteroatoms. The van der Waals surface area contributed by atoms with Gasteiger partial charge in [-0.3, -0.25) is 4.79 Å². The van der Waals surface area contributed by atoms with Gasteiger partial charge in [-0.05, 0) is 20.3 Å². The summed E-state index contributed by atoms with van der Waals surface area (Å²) in [5.41, 5.74) is 5.72. The van der Waals surface area contributed by atoms with Crippen molar-refractivity contribution in [1.82, 2.24) is 9.97 Å². The fourth-order valence-corrected chi connectivity index (χ4v) is 1.51. The largest absolute Gasteiger partial charge is 0.373 e. The van der Waals surface area contributed by atoms with E-state index in [1.807, 2.05) is 14.0 Å². The van der Waals surface area contributed by atoms with Gasteiger partial charge in [0, 0.05) is 19.2 Å². The Kier molecular flexibility index (Phi) is 4.47. The first kappa shape index (κ1) is 14.2. The predicted molar refractivity (Wildman–Crippen MR) is 72.4 cm³/mol. The van der Waals surface area contributed by atoms with E-state index in [1.54, 1.807) is 13.8 Å². The number of hydrogen-bond acceptors (Lipinski definition) is 5. The van der Waals surface area contributed by atoms with Crippen LogP contribution in [0.3, 0.4) is 0 Å². The highest BCUT2D eigenvalue weighted by Gasteiger charge is 2.25. The van der Waals surface area contributed by atoms with Gasteiger partial charge in [-0.1, -0.05) is 6.92 Å². The second-order valence-corrected chi connectivity index (χ2v) is 4.75. The molecule has 0 radical (unpaired) electrons. The summed E-state index contributed by atoms with van der Waals surface area (Å²) in [6, 6.07) is 0. The maximum atomic E-state index is 11.3. The lowest BCUT2D eigenvalue weighted by atomic mass is 9.93. The molecule has 100 valence electrons. The summed E-state index contributed by atoms with van der Waals surface area (Å²) in [4.78, 5) is 19.6. The summed E-state index contributed by atoms with van der Waals surface area (Å²) in [7, 11) is 1.82. The lowest BCUT2D eigenvalue weighted by molar-refractivity contribution is -0.125. The summed E-state index contributed by atoms with van der Waals surface area (Å²) in [5.74, 6) is 1.20. The Morgan fingerprint density at radius 1 is 1.39 bits per heavy atom. The summed E-state index contributed by atoms with van der Waals surface area (Å²) < 4.78 is 0. The van der Waals surface area contributed by atoms with Gasteiger partial charge in [-0.2, -0.15) is 0 Å². The number of nitrogens with one attached hydrogen (secondary N) is 2. The molecule has 0 aliphatic carbocycles.